The lowest BCUT2D eigenvalue weighted by Crippen LogP contribution is -2.47. The monoisotopic (exact) mass is 353 g/mol. The summed E-state index contributed by atoms with van der Waals surface area (Å²) in [6.45, 7) is 3.99. The Kier molecular flexibility index (Phi) is 5.06. The standard InChI is InChI=1S/C16H20BrNO3/c1-16(21-2)8-3-9-18(11-16)14-6-4-12(10-13(14)17)5-7-15(19)20/h4-7,10H,3,8-9,11H2,1-2H3,(H,19,20)/b7-5+. The number of carboxylic acid groups (broad SMARTS) is 1. The van der Waals surface area contributed by atoms with E-state index in [0.717, 1.165) is 47.7 Å². The maximum atomic E-state index is 10.6. The molecule has 21 heavy (non-hydrogen) atoms. The fourth-order valence-electron chi connectivity index (χ4n) is 2.63. The average Bonchev–Trinajstić information content (AvgIpc) is 2.45. The van der Waals surface area contributed by atoms with E-state index in [4.69, 9.17) is 9.84 Å². The Balaban J connectivity index is 2.19. The Morgan fingerprint density at radius 3 is 2.90 bits per heavy atom. The zero-order valence-corrected chi connectivity index (χ0v) is 13.9. The van der Waals surface area contributed by atoms with Crippen LogP contribution in [0.15, 0.2) is 28.7 Å². The molecular weight excluding hydrogens is 334 g/mol. The van der Waals surface area contributed by atoms with Crippen molar-refractivity contribution in [2.24, 2.45) is 0 Å². The van der Waals surface area contributed by atoms with Crippen LogP contribution < -0.4 is 4.90 Å². The van der Waals surface area contributed by atoms with Gasteiger partial charge in [-0.05, 0) is 59.5 Å². The molecule has 2 rings (SSSR count). The van der Waals surface area contributed by atoms with E-state index in [0.29, 0.717) is 0 Å². The fourth-order valence-corrected chi connectivity index (χ4v) is 3.28. The highest BCUT2D eigenvalue weighted by Gasteiger charge is 2.31. The zero-order valence-electron chi connectivity index (χ0n) is 12.3. The summed E-state index contributed by atoms with van der Waals surface area (Å²) in [4.78, 5) is 12.9. The first-order valence-electron chi connectivity index (χ1n) is 6.94. The third kappa shape index (κ3) is 4.08. The minimum Gasteiger partial charge on any atom is -0.478 e. The molecule has 1 fully saturated rings. The third-order valence-corrected chi connectivity index (χ3v) is 4.52. The molecule has 1 heterocycles. The zero-order chi connectivity index (χ0) is 15.5. The van der Waals surface area contributed by atoms with Gasteiger partial charge in [0.15, 0.2) is 0 Å². The quantitative estimate of drug-likeness (QED) is 0.841. The molecule has 0 spiro atoms. The summed E-state index contributed by atoms with van der Waals surface area (Å²) in [6.07, 6.45) is 4.89. The Hall–Kier alpha value is -1.33. The van der Waals surface area contributed by atoms with Crippen molar-refractivity contribution in [3.05, 3.63) is 34.3 Å². The van der Waals surface area contributed by atoms with Gasteiger partial charge in [-0.25, -0.2) is 4.79 Å². The number of halogens is 1. The van der Waals surface area contributed by atoms with E-state index >= 15 is 0 Å². The topological polar surface area (TPSA) is 49.8 Å². The average molecular weight is 354 g/mol. The summed E-state index contributed by atoms with van der Waals surface area (Å²) in [7, 11) is 1.76. The first kappa shape index (κ1) is 16.0. The number of carbonyl (C=O) groups is 1. The van der Waals surface area contributed by atoms with Crippen LogP contribution in [-0.4, -0.2) is 36.9 Å². The normalized spacial score (nSPS) is 22.7. The van der Waals surface area contributed by atoms with E-state index in [1.807, 2.05) is 18.2 Å². The van der Waals surface area contributed by atoms with Crippen molar-refractivity contribution in [2.75, 3.05) is 25.1 Å². The predicted molar refractivity (Wildman–Crippen MR) is 87.7 cm³/mol. The smallest absolute Gasteiger partial charge is 0.328 e. The van der Waals surface area contributed by atoms with Gasteiger partial charge >= 0.3 is 5.97 Å². The number of ether oxygens (including phenoxy) is 1. The lowest BCUT2D eigenvalue weighted by molar-refractivity contribution is -0.131. The number of nitrogens with zero attached hydrogens (tertiary/aromatic N) is 1. The molecule has 0 radical (unpaired) electrons. The van der Waals surface area contributed by atoms with Gasteiger partial charge in [-0.2, -0.15) is 0 Å². The minimum atomic E-state index is -0.943. The molecular formula is C16H20BrNO3. The molecule has 1 unspecified atom stereocenters. The lowest BCUT2D eigenvalue weighted by atomic mass is 9.94. The number of anilines is 1. The molecule has 4 nitrogen and oxygen atoms in total. The van der Waals surface area contributed by atoms with Gasteiger partial charge < -0.3 is 14.7 Å². The van der Waals surface area contributed by atoms with Crippen molar-refractivity contribution >= 4 is 33.7 Å². The number of hydrogen-bond donors (Lipinski definition) is 1. The molecule has 1 aromatic carbocycles. The minimum absolute atomic E-state index is 0.112. The van der Waals surface area contributed by atoms with Crippen LogP contribution in [-0.2, 0) is 9.53 Å². The highest BCUT2D eigenvalue weighted by atomic mass is 79.9. The molecule has 1 aliphatic heterocycles. The van der Waals surface area contributed by atoms with Crippen LogP contribution in [0, 0.1) is 0 Å². The molecule has 1 atom stereocenters. The number of rotatable bonds is 4. The molecule has 5 heteroatoms. The van der Waals surface area contributed by atoms with Gasteiger partial charge in [-0.3, -0.25) is 0 Å². The van der Waals surface area contributed by atoms with Gasteiger partial charge in [0, 0.05) is 30.7 Å². The van der Waals surface area contributed by atoms with Crippen molar-refractivity contribution in [1.82, 2.24) is 0 Å². The molecule has 1 saturated heterocycles. The second-order valence-corrected chi connectivity index (χ2v) is 6.42. The van der Waals surface area contributed by atoms with Gasteiger partial charge in [-0.15, -0.1) is 0 Å². The summed E-state index contributed by atoms with van der Waals surface area (Å²) >= 11 is 3.59. The Labute approximate surface area is 133 Å². The van der Waals surface area contributed by atoms with Crippen LogP contribution in [0.1, 0.15) is 25.3 Å². The highest BCUT2D eigenvalue weighted by Crippen LogP contribution is 2.33. The molecule has 0 saturated carbocycles. The van der Waals surface area contributed by atoms with Gasteiger partial charge in [0.1, 0.15) is 0 Å². The number of hydrogen-bond acceptors (Lipinski definition) is 3. The molecule has 0 aromatic heterocycles. The summed E-state index contributed by atoms with van der Waals surface area (Å²) in [5, 5.41) is 8.67. The van der Waals surface area contributed by atoms with Gasteiger partial charge in [0.05, 0.1) is 11.3 Å². The Morgan fingerprint density at radius 1 is 1.52 bits per heavy atom. The summed E-state index contributed by atoms with van der Waals surface area (Å²) in [5.74, 6) is -0.943. The Morgan fingerprint density at radius 2 is 2.29 bits per heavy atom. The summed E-state index contributed by atoms with van der Waals surface area (Å²) in [5.41, 5.74) is 1.87. The number of methoxy groups -OCH3 is 1. The SMILES string of the molecule is COC1(C)CCCN(c2ccc(/C=C/C(=O)O)cc2Br)C1. The Bertz CT molecular complexity index is 558. The molecule has 114 valence electrons. The number of carboxylic acids is 1. The van der Waals surface area contributed by atoms with E-state index in [9.17, 15) is 4.79 Å². The first-order chi connectivity index (χ1) is 9.93. The highest BCUT2D eigenvalue weighted by molar-refractivity contribution is 9.10. The van der Waals surface area contributed by atoms with Gasteiger partial charge in [0.25, 0.3) is 0 Å². The fraction of sp³-hybridized carbons (Fsp3) is 0.438. The first-order valence-corrected chi connectivity index (χ1v) is 7.73. The van der Waals surface area contributed by atoms with E-state index < -0.39 is 5.97 Å². The van der Waals surface area contributed by atoms with Gasteiger partial charge in [-0.1, -0.05) is 6.07 Å². The largest absolute Gasteiger partial charge is 0.478 e. The van der Waals surface area contributed by atoms with E-state index in [-0.39, 0.29) is 5.60 Å². The molecule has 1 N–H and O–H groups in total. The third-order valence-electron chi connectivity index (χ3n) is 3.88. The number of aliphatic carboxylic acids is 1. The lowest BCUT2D eigenvalue weighted by Gasteiger charge is -2.41. The molecule has 0 aliphatic carbocycles. The second kappa shape index (κ2) is 6.62. The van der Waals surface area contributed by atoms with Crippen molar-refractivity contribution in [3.8, 4) is 0 Å². The van der Waals surface area contributed by atoms with Crippen molar-refractivity contribution < 1.29 is 14.6 Å². The molecule has 1 aromatic rings. The number of benzene rings is 1. The van der Waals surface area contributed by atoms with Crippen molar-refractivity contribution in [3.63, 3.8) is 0 Å². The number of piperidine rings is 1. The maximum absolute atomic E-state index is 10.6. The van der Waals surface area contributed by atoms with Crippen LogP contribution in [0.5, 0.6) is 0 Å². The van der Waals surface area contributed by atoms with Crippen molar-refractivity contribution in [2.45, 2.75) is 25.4 Å². The summed E-state index contributed by atoms with van der Waals surface area (Å²) in [6, 6.07) is 5.89. The second-order valence-electron chi connectivity index (χ2n) is 5.56. The maximum Gasteiger partial charge on any atom is 0.328 e. The van der Waals surface area contributed by atoms with Gasteiger partial charge in [0.2, 0.25) is 0 Å². The van der Waals surface area contributed by atoms with Crippen molar-refractivity contribution in [1.29, 1.82) is 0 Å². The molecule has 0 amide bonds. The van der Waals surface area contributed by atoms with Crippen LogP contribution >= 0.6 is 15.9 Å². The van der Waals surface area contributed by atoms with E-state index in [1.54, 1.807) is 13.2 Å². The van der Waals surface area contributed by atoms with Crippen LogP contribution in [0.4, 0.5) is 5.69 Å². The van der Waals surface area contributed by atoms with Crippen LogP contribution in [0.25, 0.3) is 6.08 Å². The van der Waals surface area contributed by atoms with Crippen LogP contribution in [0.3, 0.4) is 0 Å². The van der Waals surface area contributed by atoms with E-state index in [2.05, 4.69) is 27.8 Å². The molecule has 1 aliphatic rings. The molecule has 0 bridgehead atoms. The van der Waals surface area contributed by atoms with Crippen LogP contribution in [0.2, 0.25) is 0 Å². The predicted octanol–water partition coefficient (Wildman–Crippen LogP) is 3.55. The summed E-state index contributed by atoms with van der Waals surface area (Å²) < 4.78 is 6.59. The van der Waals surface area contributed by atoms with E-state index in [1.165, 1.54) is 0 Å².